The number of carbonyl (C=O) groups is 1. The van der Waals surface area contributed by atoms with E-state index >= 15 is 0 Å². The molecule has 0 aliphatic carbocycles. The fourth-order valence-corrected chi connectivity index (χ4v) is 3.35. The van der Waals surface area contributed by atoms with Gasteiger partial charge in [0, 0.05) is 45.8 Å². The summed E-state index contributed by atoms with van der Waals surface area (Å²) in [5.74, 6) is -0.414. The van der Waals surface area contributed by atoms with E-state index in [4.69, 9.17) is 0 Å². The molecule has 2 heterocycles. The SMILES string of the molecule is CC(C)C1(C(=O)O)CCN(CCN2CCN(C)CC2)C1. The normalized spacial score (nSPS) is 30.2. The fraction of sp³-hybridized carbons (Fsp3) is 0.933. The van der Waals surface area contributed by atoms with E-state index in [9.17, 15) is 9.90 Å². The zero-order valence-corrected chi connectivity index (χ0v) is 13.1. The molecule has 1 unspecified atom stereocenters. The highest BCUT2D eigenvalue weighted by molar-refractivity contribution is 5.75. The number of likely N-dealkylation sites (N-methyl/N-ethyl adjacent to an activating group) is 1. The second kappa shape index (κ2) is 6.41. The lowest BCUT2D eigenvalue weighted by atomic mass is 9.76. The summed E-state index contributed by atoms with van der Waals surface area (Å²) in [5.41, 5.74) is -0.526. The molecule has 5 heteroatoms. The van der Waals surface area contributed by atoms with Crippen molar-refractivity contribution in [2.45, 2.75) is 20.3 Å². The molecule has 116 valence electrons. The van der Waals surface area contributed by atoms with Crippen LogP contribution in [0.1, 0.15) is 20.3 Å². The van der Waals surface area contributed by atoms with Crippen molar-refractivity contribution in [1.82, 2.24) is 14.7 Å². The van der Waals surface area contributed by atoms with Gasteiger partial charge in [0.25, 0.3) is 0 Å². The van der Waals surface area contributed by atoms with Crippen molar-refractivity contribution in [3.05, 3.63) is 0 Å². The van der Waals surface area contributed by atoms with Gasteiger partial charge in [0.05, 0.1) is 5.41 Å². The lowest BCUT2D eigenvalue weighted by Gasteiger charge is -2.34. The van der Waals surface area contributed by atoms with Crippen molar-refractivity contribution in [2.24, 2.45) is 11.3 Å². The Hall–Kier alpha value is -0.650. The van der Waals surface area contributed by atoms with E-state index in [1.807, 2.05) is 13.8 Å². The molecule has 0 bridgehead atoms. The van der Waals surface area contributed by atoms with Crippen LogP contribution in [0.5, 0.6) is 0 Å². The van der Waals surface area contributed by atoms with Gasteiger partial charge in [-0.1, -0.05) is 13.8 Å². The Balaban J connectivity index is 1.80. The third kappa shape index (κ3) is 3.32. The molecule has 0 spiro atoms. The van der Waals surface area contributed by atoms with E-state index in [2.05, 4.69) is 21.7 Å². The monoisotopic (exact) mass is 283 g/mol. The summed E-state index contributed by atoms with van der Waals surface area (Å²) < 4.78 is 0. The molecule has 0 saturated carbocycles. The lowest BCUT2D eigenvalue weighted by Crippen LogP contribution is -2.47. The van der Waals surface area contributed by atoms with Crippen LogP contribution in [0.25, 0.3) is 0 Å². The van der Waals surface area contributed by atoms with Crippen LogP contribution in [0.2, 0.25) is 0 Å². The molecule has 0 aromatic rings. The second-order valence-electron chi connectivity index (χ2n) is 6.79. The molecule has 0 radical (unpaired) electrons. The van der Waals surface area contributed by atoms with Gasteiger partial charge in [-0.15, -0.1) is 0 Å². The van der Waals surface area contributed by atoms with Crippen LogP contribution in [0.15, 0.2) is 0 Å². The van der Waals surface area contributed by atoms with Crippen LogP contribution in [0.3, 0.4) is 0 Å². The summed E-state index contributed by atoms with van der Waals surface area (Å²) in [7, 11) is 2.17. The van der Waals surface area contributed by atoms with E-state index in [-0.39, 0.29) is 5.92 Å². The molecule has 2 saturated heterocycles. The topological polar surface area (TPSA) is 47.0 Å². The first-order valence-electron chi connectivity index (χ1n) is 7.81. The highest BCUT2D eigenvalue weighted by Gasteiger charge is 2.46. The number of carboxylic acid groups (broad SMARTS) is 1. The number of likely N-dealkylation sites (tertiary alicyclic amines) is 1. The molecule has 0 amide bonds. The standard InChI is InChI=1S/C15H29N3O2/c1-13(2)15(14(19)20)4-5-18(12-15)11-10-17-8-6-16(3)7-9-17/h13H,4-12H2,1-3H3,(H,19,20). The zero-order valence-electron chi connectivity index (χ0n) is 13.1. The van der Waals surface area contributed by atoms with Gasteiger partial charge in [-0.05, 0) is 25.9 Å². The Kier molecular flexibility index (Phi) is 5.04. The van der Waals surface area contributed by atoms with Crippen molar-refractivity contribution >= 4 is 5.97 Å². The summed E-state index contributed by atoms with van der Waals surface area (Å²) in [6.07, 6.45) is 0.794. The molecule has 2 aliphatic heterocycles. The van der Waals surface area contributed by atoms with Crippen LogP contribution >= 0.6 is 0 Å². The van der Waals surface area contributed by atoms with Crippen molar-refractivity contribution in [2.75, 3.05) is 59.4 Å². The Morgan fingerprint density at radius 2 is 1.70 bits per heavy atom. The summed E-state index contributed by atoms with van der Waals surface area (Å²) in [6.45, 7) is 12.4. The lowest BCUT2D eigenvalue weighted by molar-refractivity contribution is -0.151. The first kappa shape index (κ1) is 15.7. The van der Waals surface area contributed by atoms with Crippen molar-refractivity contribution in [1.29, 1.82) is 0 Å². The van der Waals surface area contributed by atoms with Crippen molar-refractivity contribution < 1.29 is 9.90 Å². The van der Waals surface area contributed by atoms with E-state index in [0.717, 1.165) is 52.2 Å². The highest BCUT2D eigenvalue weighted by Crippen LogP contribution is 2.37. The first-order valence-corrected chi connectivity index (χ1v) is 7.81. The number of hydrogen-bond acceptors (Lipinski definition) is 4. The molecule has 20 heavy (non-hydrogen) atoms. The number of rotatable bonds is 5. The van der Waals surface area contributed by atoms with Crippen LogP contribution in [0.4, 0.5) is 0 Å². The summed E-state index contributed by atoms with van der Waals surface area (Å²) >= 11 is 0. The number of carboxylic acids is 1. The van der Waals surface area contributed by atoms with Gasteiger partial charge in [0.1, 0.15) is 0 Å². The Labute approximate surface area is 122 Å². The molecule has 5 nitrogen and oxygen atoms in total. The molecular formula is C15H29N3O2. The fourth-order valence-electron chi connectivity index (χ4n) is 3.35. The van der Waals surface area contributed by atoms with E-state index < -0.39 is 11.4 Å². The number of hydrogen-bond donors (Lipinski definition) is 1. The van der Waals surface area contributed by atoms with Crippen LogP contribution in [0, 0.1) is 11.3 Å². The Bertz CT molecular complexity index is 340. The zero-order chi connectivity index (χ0) is 14.8. The van der Waals surface area contributed by atoms with Gasteiger partial charge in [-0.25, -0.2) is 0 Å². The van der Waals surface area contributed by atoms with Gasteiger partial charge >= 0.3 is 5.97 Å². The summed E-state index contributed by atoms with van der Waals surface area (Å²) in [5, 5.41) is 9.56. The van der Waals surface area contributed by atoms with Gasteiger partial charge in [-0.3, -0.25) is 9.69 Å². The third-order valence-electron chi connectivity index (χ3n) is 5.24. The average molecular weight is 283 g/mol. The molecule has 2 fully saturated rings. The largest absolute Gasteiger partial charge is 0.481 e. The molecule has 0 aromatic heterocycles. The van der Waals surface area contributed by atoms with Gasteiger partial charge in [0.15, 0.2) is 0 Å². The van der Waals surface area contributed by atoms with Crippen LogP contribution < -0.4 is 0 Å². The Morgan fingerprint density at radius 1 is 1.10 bits per heavy atom. The highest BCUT2D eigenvalue weighted by atomic mass is 16.4. The van der Waals surface area contributed by atoms with Gasteiger partial charge < -0.3 is 14.9 Å². The average Bonchev–Trinajstić information content (AvgIpc) is 2.84. The quantitative estimate of drug-likeness (QED) is 0.803. The molecule has 1 atom stereocenters. The molecule has 0 aromatic carbocycles. The maximum Gasteiger partial charge on any atom is 0.311 e. The molecular weight excluding hydrogens is 254 g/mol. The number of aliphatic carboxylic acids is 1. The predicted molar refractivity (Wildman–Crippen MR) is 79.9 cm³/mol. The van der Waals surface area contributed by atoms with Crippen LogP contribution in [-0.4, -0.2) is 85.2 Å². The maximum absolute atomic E-state index is 11.6. The minimum atomic E-state index is -0.616. The van der Waals surface area contributed by atoms with E-state index in [0.29, 0.717) is 6.54 Å². The Morgan fingerprint density at radius 3 is 2.20 bits per heavy atom. The smallest absolute Gasteiger partial charge is 0.311 e. The van der Waals surface area contributed by atoms with Crippen LogP contribution in [-0.2, 0) is 4.79 Å². The van der Waals surface area contributed by atoms with Gasteiger partial charge in [-0.2, -0.15) is 0 Å². The molecule has 2 rings (SSSR count). The van der Waals surface area contributed by atoms with Crippen molar-refractivity contribution in [3.8, 4) is 0 Å². The first-order chi connectivity index (χ1) is 9.44. The number of piperazine rings is 1. The predicted octanol–water partition coefficient (Wildman–Crippen LogP) is 0.667. The molecule has 1 N–H and O–H groups in total. The van der Waals surface area contributed by atoms with Crippen molar-refractivity contribution in [3.63, 3.8) is 0 Å². The minimum absolute atomic E-state index is 0.202. The third-order valence-corrected chi connectivity index (χ3v) is 5.24. The van der Waals surface area contributed by atoms with Gasteiger partial charge in [0.2, 0.25) is 0 Å². The second-order valence-corrected chi connectivity index (χ2v) is 6.79. The molecule has 2 aliphatic rings. The van der Waals surface area contributed by atoms with E-state index in [1.165, 1.54) is 0 Å². The summed E-state index contributed by atoms with van der Waals surface area (Å²) in [6, 6.07) is 0. The summed E-state index contributed by atoms with van der Waals surface area (Å²) in [4.78, 5) is 18.8. The maximum atomic E-state index is 11.6. The number of nitrogens with zero attached hydrogens (tertiary/aromatic N) is 3. The van der Waals surface area contributed by atoms with E-state index in [1.54, 1.807) is 0 Å². The minimum Gasteiger partial charge on any atom is -0.481 e.